The molecule has 1 heterocycles. The van der Waals surface area contributed by atoms with Crippen molar-refractivity contribution in [3.05, 3.63) is 35.9 Å². The molecule has 1 aliphatic heterocycles. The van der Waals surface area contributed by atoms with E-state index in [-0.39, 0.29) is 11.9 Å². The average molecular weight is 263 g/mol. The molecule has 0 aromatic heterocycles. The number of hydrogen-bond acceptors (Lipinski definition) is 4. The van der Waals surface area contributed by atoms with Crippen molar-refractivity contribution >= 4 is 5.91 Å². The molecule has 0 aliphatic carbocycles. The number of aliphatic hydroxyl groups is 1. The predicted octanol–water partition coefficient (Wildman–Crippen LogP) is -0.260. The number of aliphatic hydroxyl groups excluding tert-OH is 1. The quantitative estimate of drug-likeness (QED) is 0.700. The fraction of sp³-hybridized carbons (Fsp3) is 0.500. The molecule has 2 rings (SSSR count). The Morgan fingerprint density at radius 2 is 2.26 bits per heavy atom. The number of nitrogens with zero attached hydrogens (tertiary/aromatic N) is 1. The molecular formula is C14H21N3O2. The molecule has 3 N–H and O–H groups in total. The maximum absolute atomic E-state index is 11.8. The van der Waals surface area contributed by atoms with Crippen LogP contribution in [0.1, 0.15) is 11.7 Å². The van der Waals surface area contributed by atoms with Crippen molar-refractivity contribution in [3.63, 3.8) is 0 Å². The second kappa shape index (κ2) is 6.65. The lowest BCUT2D eigenvalue weighted by Gasteiger charge is -2.36. The third-order valence-corrected chi connectivity index (χ3v) is 3.50. The van der Waals surface area contributed by atoms with Gasteiger partial charge in [-0.1, -0.05) is 30.3 Å². The van der Waals surface area contributed by atoms with Gasteiger partial charge >= 0.3 is 0 Å². The Balaban J connectivity index is 2.01. The highest BCUT2D eigenvalue weighted by molar-refractivity contribution is 5.81. The Bertz CT molecular complexity index is 410. The largest absolute Gasteiger partial charge is 0.387 e. The van der Waals surface area contributed by atoms with Crippen LogP contribution in [-0.4, -0.2) is 55.2 Å². The highest BCUT2D eigenvalue weighted by Crippen LogP contribution is 2.16. The Morgan fingerprint density at radius 3 is 2.95 bits per heavy atom. The summed E-state index contributed by atoms with van der Waals surface area (Å²) in [6, 6.07) is 9.34. The zero-order chi connectivity index (χ0) is 13.7. The van der Waals surface area contributed by atoms with Crippen LogP contribution >= 0.6 is 0 Å². The predicted molar refractivity (Wildman–Crippen MR) is 73.7 cm³/mol. The standard InChI is InChI=1S/C14H21N3O2/c1-15-14(19)12-9-16-7-8-17(12)10-13(18)11-5-3-2-4-6-11/h2-6,12-13,16,18H,7-10H2,1H3,(H,15,19). The first kappa shape index (κ1) is 14.0. The number of carbonyl (C=O) groups is 1. The molecule has 104 valence electrons. The number of hydrogen-bond donors (Lipinski definition) is 3. The molecule has 0 saturated carbocycles. The molecule has 2 atom stereocenters. The smallest absolute Gasteiger partial charge is 0.238 e. The number of amides is 1. The van der Waals surface area contributed by atoms with Crippen LogP contribution in [0, 0.1) is 0 Å². The summed E-state index contributed by atoms with van der Waals surface area (Å²) in [5, 5.41) is 16.1. The van der Waals surface area contributed by atoms with Crippen LogP contribution in [0.4, 0.5) is 0 Å². The van der Waals surface area contributed by atoms with Gasteiger partial charge in [0.2, 0.25) is 5.91 Å². The molecule has 19 heavy (non-hydrogen) atoms. The van der Waals surface area contributed by atoms with Gasteiger partial charge < -0.3 is 15.7 Å². The lowest BCUT2D eigenvalue weighted by atomic mass is 10.1. The molecular weight excluding hydrogens is 242 g/mol. The van der Waals surface area contributed by atoms with Gasteiger partial charge in [-0.25, -0.2) is 0 Å². The van der Waals surface area contributed by atoms with Crippen LogP contribution in [-0.2, 0) is 4.79 Å². The minimum Gasteiger partial charge on any atom is -0.387 e. The van der Waals surface area contributed by atoms with Crippen LogP contribution in [0.25, 0.3) is 0 Å². The Labute approximate surface area is 113 Å². The van der Waals surface area contributed by atoms with E-state index in [1.807, 2.05) is 35.2 Å². The topological polar surface area (TPSA) is 64.6 Å². The van der Waals surface area contributed by atoms with Gasteiger partial charge in [0.25, 0.3) is 0 Å². The summed E-state index contributed by atoms with van der Waals surface area (Å²) >= 11 is 0. The molecule has 1 aliphatic rings. The number of piperazine rings is 1. The monoisotopic (exact) mass is 263 g/mol. The number of likely N-dealkylation sites (N-methyl/N-ethyl adjacent to an activating group) is 1. The molecule has 5 nitrogen and oxygen atoms in total. The molecule has 1 amide bonds. The fourth-order valence-corrected chi connectivity index (χ4v) is 2.39. The average Bonchev–Trinajstić information content (AvgIpc) is 2.48. The van der Waals surface area contributed by atoms with Crippen molar-refractivity contribution < 1.29 is 9.90 Å². The molecule has 5 heteroatoms. The summed E-state index contributed by atoms with van der Waals surface area (Å²) in [6.07, 6.45) is -0.563. The number of carbonyl (C=O) groups excluding carboxylic acids is 1. The van der Waals surface area contributed by atoms with Crippen LogP contribution < -0.4 is 10.6 Å². The van der Waals surface area contributed by atoms with Crippen LogP contribution in [0.15, 0.2) is 30.3 Å². The number of benzene rings is 1. The maximum atomic E-state index is 11.8. The molecule has 2 unspecified atom stereocenters. The Kier molecular flexibility index (Phi) is 4.90. The van der Waals surface area contributed by atoms with Crippen molar-refractivity contribution in [3.8, 4) is 0 Å². The third kappa shape index (κ3) is 3.53. The van der Waals surface area contributed by atoms with Crippen LogP contribution in [0.5, 0.6) is 0 Å². The molecule has 0 spiro atoms. The van der Waals surface area contributed by atoms with E-state index in [0.717, 1.165) is 18.7 Å². The number of nitrogens with one attached hydrogen (secondary N) is 2. The summed E-state index contributed by atoms with van der Waals surface area (Å²) in [4.78, 5) is 13.9. The minimum atomic E-state index is -0.563. The summed E-state index contributed by atoms with van der Waals surface area (Å²) in [5.41, 5.74) is 0.886. The lowest BCUT2D eigenvalue weighted by molar-refractivity contribution is -0.127. The van der Waals surface area contributed by atoms with E-state index >= 15 is 0 Å². The van der Waals surface area contributed by atoms with Gasteiger partial charge in [0.1, 0.15) is 6.04 Å². The minimum absolute atomic E-state index is 0.00698. The molecule has 1 saturated heterocycles. The Morgan fingerprint density at radius 1 is 1.53 bits per heavy atom. The van der Waals surface area contributed by atoms with Gasteiger partial charge in [0.05, 0.1) is 6.10 Å². The van der Waals surface area contributed by atoms with Gasteiger partial charge in [-0.15, -0.1) is 0 Å². The zero-order valence-corrected chi connectivity index (χ0v) is 11.2. The highest BCUT2D eigenvalue weighted by Gasteiger charge is 2.29. The Hall–Kier alpha value is -1.43. The van der Waals surface area contributed by atoms with E-state index in [4.69, 9.17) is 0 Å². The van der Waals surface area contributed by atoms with Crippen LogP contribution in [0.3, 0.4) is 0 Å². The third-order valence-electron chi connectivity index (χ3n) is 3.50. The first-order valence-corrected chi connectivity index (χ1v) is 6.61. The van der Waals surface area contributed by atoms with Crippen LogP contribution in [0.2, 0.25) is 0 Å². The first-order chi connectivity index (χ1) is 9.22. The van der Waals surface area contributed by atoms with Crippen molar-refractivity contribution in [2.75, 3.05) is 33.2 Å². The van der Waals surface area contributed by atoms with E-state index in [9.17, 15) is 9.90 Å². The van der Waals surface area contributed by atoms with E-state index in [1.54, 1.807) is 7.05 Å². The molecule has 1 aromatic carbocycles. The normalized spacial score (nSPS) is 21.9. The van der Waals surface area contributed by atoms with E-state index in [0.29, 0.717) is 13.1 Å². The van der Waals surface area contributed by atoms with Gasteiger partial charge in [-0.2, -0.15) is 0 Å². The highest BCUT2D eigenvalue weighted by atomic mass is 16.3. The van der Waals surface area contributed by atoms with Crippen molar-refractivity contribution in [1.82, 2.24) is 15.5 Å². The van der Waals surface area contributed by atoms with Crippen molar-refractivity contribution in [2.24, 2.45) is 0 Å². The second-order valence-electron chi connectivity index (χ2n) is 4.76. The fourth-order valence-electron chi connectivity index (χ4n) is 2.39. The zero-order valence-electron chi connectivity index (χ0n) is 11.2. The van der Waals surface area contributed by atoms with Gasteiger partial charge in [-0.3, -0.25) is 9.69 Å². The van der Waals surface area contributed by atoms with E-state index in [2.05, 4.69) is 10.6 Å². The first-order valence-electron chi connectivity index (χ1n) is 6.61. The van der Waals surface area contributed by atoms with E-state index in [1.165, 1.54) is 0 Å². The number of rotatable bonds is 4. The summed E-state index contributed by atoms with van der Waals surface area (Å²) in [6.45, 7) is 2.71. The van der Waals surface area contributed by atoms with Gasteiger partial charge in [0.15, 0.2) is 0 Å². The lowest BCUT2D eigenvalue weighted by Crippen LogP contribution is -2.58. The number of β-amino-alcohol motifs (C(OH)–C–C–N with tert-alkyl or cyclic N) is 1. The summed E-state index contributed by atoms with van der Waals surface area (Å²) in [7, 11) is 1.64. The van der Waals surface area contributed by atoms with Crippen molar-refractivity contribution in [1.29, 1.82) is 0 Å². The summed E-state index contributed by atoms with van der Waals surface area (Å²) in [5.74, 6) is -0.00698. The summed E-state index contributed by atoms with van der Waals surface area (Å²) < 4.78 is 0. The molecule has 1 aromatic rings. The van der Waals surface area contributed by atoms with Gasteiger partial charge in [0, 0.05) is 33.2 Å². The maximum Gasteiger partial charge on any atom is 0.238 e. The van der Waals surface area contributed by atoms with Gasteiger partial charge in [-0.05, 0) is 5.56 Å². The molecule has 1 fully saturated rings. The SMILES string of the molecule is CNC(=O)C1CNCCN1CC(O)c1ccccc1. The molecule has 0 radical (unpaired) electrons. The van der Waals surface area contributed by atoms with Crippen molar-refractivity contribution in [2.45, 2.75) is 12.1 Å². The van der Waals surface area contributed by atoms with E-state index < -0.39 is 6.10 Å². The second-order valence-corrected chi connectivity index (χ2v) is 4.76. The molecule has 0 bridgehead atoms.